The van der Waals surface area contributed by atoms with Crippen molar-refractivity contribution in [3.63, 3.8) is 0 Å². The molecular formula is C23H24O5. The summed E-state index contributed by atoms with van der Waals surface area (Å²) in [6.07, 6.45) is 4.74. The number of aldehydes is 1. The van der Waals surface area contributed by atoms with E-state index < -0.39 is 5.60 Å². The van der Waals surface area contributed by atoms with Gasteiger partial charge in [-0.1, -0.05) is 6.08 Å². The lowest BCUT2D eigenvalue weighted by Crippen LogP contribution is -2.39. The van der Waals surface area contributed by atoms with E-state index in [1.165, 1.54) is 6.92 Å². The number of benzene rings is 2. The Morgan fingerprint density at radius 2 is 1.79 bits per heavy atom. The molecule has 1 atom stereocenters. The zero-order chi connectivity index (χ0) is 20.5. The molecule has 1 heterocycles. The first-order valence-electron chi connectivity index (χ1n) is 9.12. The molecule has 0 radical (unpaired) electrons. The first-order valence-corrected chi connectivity index (χ1v) is 9.12. The molecule has 0 saturated heterocycles. The fraction of sp³-hybridized carbons (Fsp3) is 0.304. The summed E-state index contributed by atoms with van der Waals surface area (Å²) in [6, 6.07) is 6.95. The van der Waals surface area contributed by atoms with Crippen molar-refractivity contribution >= 4 is 18.3 Å². The quantitative estimate of drug-likeness (QED) is 0.431. The molecule has 3 rings (SSSR count). The Bertz CT molecular complexity index is 956. The molecular weight excluding hydrogens is 356 g/mol. The third-order valence-corrected chi connectivity index (χ3v) is 4.96. The minimum atomic E-state index is -0.650. The van der Waals surface area contributed by atoms with Crippen LogP contribution in [0.15, 0.2) is 30.3 Å². The van der Waals surface area contributed by atoms with Crippen LogP contribution in [-0.2, 0) is 4.79 Å². The Morgan fingerprint density at radius 3 is 2.39 bits per heavy atom. The fourth-order valence-corrected chi connectivity index (χ4v) is 3.22. The molecule has 1 aliphatic heterocycles. The minimum Gasteiger partial charge on any atom is -0.489 e. The van der Waals surface area contributed by atoms with Gasteiger partial charge in [-0.25, -0.2) is 0 Å². The van der Waals surface area contributed by atoms with Crippen LogP contribution in [0.4, 0.5) is 0 Å². The van der Waals surface area contributed by atoms with Gasteiger partial charge in [0.2, 0.25) is 0 Å². The summed E-state index contributed by atoms with van der Waals surface area (Å²) in [5, 5.41) is 0. The lowest BCUT2D eigenvalue weighted by atomic mass is 9.92. The molecule has 146 valence electrons. The standard InChI is InChI=1S/C23H24O5/c1-14-15(2)22-20(16(3)21(14)27-17(4)25)10-11-23(5,28-22)13-26-19-8-6-18(12-24)7-9-19/h6-12H,13H2,1-5H3. The number of fused-ring (bicyclic) bond motifs is 1. The van der Waals surface area contributed by atoms with Gasteiger partial charge in [0.15, 0.2) is 5.60 Å². The van der Waals surface area contributed by atoms with E-state index in [1.807, 2.05) is 39.8 Å². The second-order valence-electron chi connectivity index (χ2n) is 7.26. The molecule has 0 aromatic heterocycles. The summed E-state index contributed by atoms with van der Waals surface area (Å²) in [7, 11) is 0. The number of carbonyl (C=O) groups excluding carboxylic acids is 2. The Hall–Kier alpha value is -3.08. The molecule has 2 aromatic rings. The van der Waals surface area contributed by atoms with Crippen LogP contribution in [0.5, 0.6) is 17.2 Å². The Labute approximate surface area is 164 Å². The van der Waals surface area contributed by atoms with Crippen molar-refractivity contribution in [2.24, 2.45) is 0 Å². The van der Waals surface area contributed by atoms with E-state index in [4.69, 9.17) is 14.2 Å². The monoisotopic (exact) mass is 380 g/mol. The smallest absolute Gasteiger partial charge is 0.308 e. The fourth-order valence-electron chi connectivity index (χ4n) is 3.22. The summed E-state index contributed by atoms with van der Waals surface area (Å²) in [5.41, 5.74) is 3.55. The number of hydrogen-bond acceptors (Lipinski definition) is 5. The Kier molecular flexibility index (Phi) is 5.27. The first-order chi connectivity index (χ1) is 13.2. The van der Waals surface area contributed by atoms with Crippen molar-refractivity contribution in [2.75, 3.05) is 6.61 Å². The maximum absolute atomic E-state index is 11.5. The molecule has 5 heteroatoms. The molecule has 0 saturated carbocycles. The topological polar surface area (TPSA) is 61.8 Å². The largest absolute Gasteiger partial charge is 0.489 e. The van der Waals surface area contributed by atoms with Crippen LogP contribution in [-0.4, -0.2) is 24.5 Å². The average molecular weight is 380 g/mol. The van der Waals surface area contributed by atoms with E-state index in [0.29, 0.717) is 23.7 Å². The van der Waals surface area contributed by atoms with E-state index in [0.717, 1.165) is 34.3 Å². The van der Waals surface area contributed by atoms with Gasteiger partial charge in [0, 0.05) is 23.6 Å². The predicted molar refractivity (Wildman–Crippen MR) is 107 cm³/mol. The van der Waals surface area contributed by atoms with Crippen LogP contribution in [0.1, 0.15) is 46.5 Å². The van der Waals surface area contributed by atoms with Gasteiger partial charge in [-0.2, -0.15) is 0 Å². The van der Waals surface area contributed by atoms with Crippen LogP contribution in [0.25, 0.3) is 6.08 Å². The highest BCUT2D eigenvalue weighted by Gasteiger charge is 2.32. The van der Waals surface area contributed by atoms with Gasteiger partial charge in [-0.3, -0.25) is 9.59 Å². The third kappa shape index (κ3) is 3.79. The van der Waals surface area contributed by atoms with Crippen LogP contribution in [0, 0.1) is 20.8 Å². The maximum atomic E-state index is 11.5. The highest BCUT2D eigenvalue weighted by atomic mass is 16.5. The second kappa shape index (κ2) is 7.50. The van der Waals surface area contributed by atoms with Crippen LogP contribution in [0.3, 0.4) is 0 Å². The molecule has 0 spiro atoms. The molecule has 0 N–H and O–H groups in total. The molecule has 5 nitrogen and oxygen atoms in total. The van der Waals surface area contributed by atoms with Crippen LogP contribution < -0.4 is 14.2 Å². The zero-order valence-corrected chi connectivity index (χ0v) is 16.8. The Morgan fingerprint density at radius 1 is 1.11 bits per heavy atom. The van der Waals surface area contributed by atoms with E-state index >= 15 is 0 Å². The molecule has 1 aliphatic rings. The highest BCUT2D eigenvalue weighted by molar-refractivity contribution is 5.76. The molecule has 0 amide bonds. The SMILES string of the molecule is CC(=O)Oc1c(C)c(C)c2c(c1C)C=CC(C)(COc1ccc(C=O)cc1)O2. The zero-order valence-electron chi connectivity index (χ0n) is 16.8. The van der Waals surface area contributed by atoms with Gasteiger partial charge in [-0.15, -0.1) is 0 Å². The van der Waals surface area contributed by atoms with E-state index in [2.05, 4.69) is 0 Å². The van der Waals surface area contributed by atoms with Crippen molar-refractivity contribution in [1.82, 2.24) is 0 Å². The van der Waals surface area contributed by atoms with Crippen LogP contribution in [0.2, 0.25) is 0 Å². The molecule has 0 bridgehead atoms. The maximum Gasteiger partial charge on any atom is 0.308 e. The predicted octanol–water partition coefficient (Wildman–Crippen LogP) is 4.59. The van der Waals surface area contributed by atoms with Crippen molar-refractivity contribution in [3.8, 4) is 17.2 Å². The number of hydrogen-bond donors (Lipinski definition) is 0. The van der Waals surface area contributed by atoms with Gasteiger partial charge in [0.1, 0.15) is 30.1 Å². The second-order valence-corrected chi connectivity index (χ2v) is 7.26. The van der Waals surface area contributed by atoms with Crippen molar-refractivity contribution in [3.05, 3.63) is 58.2 Å². The summed E-state index contributed by atoms with van der Waals surface area (Å²) >= 11 is 0. The van der Waals surface area contributed by atoms with Crippen molar-refractivity contribution < 1.29 is 23.8 Å². The molecule has 1 unspecified atom stereocenters. The van der Waals surface area contributed by atoms with Gasteiger partial charge >= 0.3 is 5.97 Å². The minimum absolute atomic E-state index is 0.312. The van der Waals surface area contributed by atoms with Crippen LogP contribution >= 0.6 is 0 Å². The van der Waals surface area contributed by atoms with Crippen molar-refractivity contribution in [2.45, 2.75) is 40.2 Å². The summed E-state index contributed by atoms with van der Waals surface area (Å²) in [5.74, 6) is 1.69. The van der Waals surface area contributed by atoms with Gasteiger partial charge in [-0.05, 0) is 69.2 Å². The number of rotatable bonds is 5. The molecule has 28 heavy (non-hydrogen) atoms. The van der Waals surface area contributed by atoms with E-state index in [1.54, 1.807) is 24.3 Å². The van der Waals surface area contributed by atoms with E-state index in [9.17, 15) is 9.59 Å². The summed E-state index contributed by atoms with van der Waals surface area (Å²) in [6.45, 7) is 9.47. The molecule has 0 fully saturated rings. The van der Waals surface area contributed by atoms with Crippen molar-refractivity contribution in [1.29, 1.82) is 0 Å². The molecule has 0 aliphatic carbocycles. The normalized spacial score (nSPS) is 17.5. The highest BCUT2D eigenvalue weighted by Crippen LogP contribution is 2.42. The lowest BCUT2D eigenvalue weighted by molar-refractivity contribution is -0.132. The number of esters is 1. The average Bonchev–Trinajstić information content (AvgIpc) is 2.68. The lowest BCUT2D eigenvalue weighted by Gasteiger charge is -2.34. The third-order valence-electron chi connectivity index (χ3n) is 4.96. The summed E-state index contributed by atoms with van der Waals surface area (Å²) < 4.78 is 17.6. The number of ether oxygens (including phenoxy) is 3. The van der Waals surface area contributed by atoms with Gasteiger partial charge in [0.05, 0.1) is 0 Å². The first kappa shape index (κ1) is 19.7. The molecule has 2 aromatic carbocycles. The summed E-state index contributed by atoms with van der Waals surface area (Å²) in [4.78, 5) is 22.2. The van der Waals surface area contributed by atoms with E-state index in [-0.39, 0.29) is 5.97 Å². The van der Waals surface area contributed by atoms with Gasteiger partial charge in [0.25, 0.3) is 0 Å². The number of carbonyl (C=O) groups is 2. The Balaban J connectivity index is 1.85. The van der Waals surface area contributed by atoms with Gasteiger partial charge < -0.3 is 14.2 Å².